The van der Waals surface area contributed by atoms with E-state index in [1.807, 2.05) is 18.2 Å². The molecule has 1 aromatic carbocycles. The van der Waals surface area contributed by atoms with E-state index in [0.717, 1.165) is 5.56 Å². The summed E-state index contributed by atoms with van der Waals surface area (Å²) in [6, 6.07) is 11.9. The summed E-state index contributed by atoms with van der Waals surface area (Å²) in [5, 5.41) is 3.11. The fraction of sp³-hybridized carbons (Fsp3) is 0.312. The molecule has 1 amide bonds. The average Bonchev–Trinajstić information content (AvgIpc) is 3.21. The standard InChI is InChI=1S/C16H18N2O2.ClH/c17-9-14-8-13(10-20-14)16(19)18-15(12-6-7-12)11-4-2-1-3-5-11;/h1-5,8,10,12,15H,6-7,9,17H2,(H,18,19);1H. The zero-order valence-corrected chi connectivity index (χ0v) is 12.4. The SMILES string of the molecule is Cl.NCc1cc(C(=O)NC(c2ccccc2)C2CC2)co1. The van der Waals surface area contributed by atoms with Gasteiger partial charge in [-0.1, -0.05) is 30.3 Å². The van der Waals surface area contributed by atoms with Gasteiger partial charge in [-0.2, -0.15) is 0 Å². The molecule has 3 rings (SSSR count). The third kappa shape index (κ3) is 3.65. The third-order valence-electron chi connectivity index (χ3n) is 3.66. The highest BCUT2D eigenvalue weighted by atomic mass is 35.5. The summed E-state index contributed by atoms with van der Waals surface area (Å²) in [4.78, 5) is 12.3. The lowest BCUT2D eigenvalue weighted by molar-refractivity contribution is 0.0931. The van der Waals surface area contributed by atoms with Crippen LogP contribution in [0.3, 0.4) is 0 Å². The lowest BCUT2D eigenvalue weighted by atomic mass is 10.0. The zero-order valence-electron chi connectivity index (χ0n) is 11.6. The molecular weight excluding hydrogens is 288 g/mol. The predicted octanol–water partition coefficient (Wildman–Crippen LogP) is 3.04. The summed E-state index contributed by atoms with van der Waals surface area (Å²) >= 11 is 0. The van der Waals surface area contributed by atoms with Crippen LogP contribution in [0.4, 0.5) is 0 Å². The monoisotopic (exact) mass is 306 g/mol. The van der Waals surface area contributed by atoms with E-state index >= 15 is 0 Å². The largest absolute Gasteiger partial charge is 0.467 e. The molecule has 2 aromatic rings. The van der Waals surface area contributed by atoms with Gasteiger partial charge in [0.1, 0.15) is 12.0 Å². The lowest BCUT2D eigenvalue weighted by Gasteiger charge is -2.18. The maximum absolute atomic E-state index is 12.3. The summed E-state index contributed by atoms with van der Waals surface area (Å²) in [6.07, 6.45) is 3.80. The summed E-state index contributed by atoms with van der Waals surface area (Å²) in [6.45, 7) is 0.304. The van der Waals surface area contributed by atoms with Crippen molar-refractivity contribution in [1.29, 1.82) is 0 Å². The van der Waals surface area contributed by atoms with E-state index in [-0.39, 0.29) is 24.4 Å². The fourth-order valence-corrected chi connectivity index (χ4v) is 2.39. The molecule has 0 saturated heterocycles. The Morgan fingerprint density at radius 2 is 2.05 bits per heavy atom. The smallest absolute Gasteiger partial charge is 0.255 e. The van der Waals surface area contributed by atoms with Crippen LogP contribution < -0.4 is 11.1 Å². The number of carbonyl (C=O) groups is 1. The van der Waals surface area contributed by atoms with Crippen molar-refractivity contribution in [3.8, 4) is 0 Å². The van der Waals surface area contributed by atoms with Crippen LogP contribution in [0.5, 0.6) is 0 Å². The molecular formula is C16H19ClN2O2. The molecule has 1 unspecified atom stereocenters. The Bertz CT molecular complexity index is 593. The molecule has 1 aromatic heterocycles. The second kappa shape index (κ2) is 6.78. The van der Waals surface area contributed by atoms with Crippen LogP contribution in [0, 0.1) is 5.92 Å². The minimum atomic E-state index is -0.103. The molecule has 21 heavy (non-hydrogen) atoms. The van der Waals surface area contributed by atoms with Crippen LogP contribution in [-0.4, -0.2) is 5.91 Å². The van der Waals surface area contributed by atoms with E-state index in [9.17, 15) is 4.79 Å². The Balaban J connectivity index is 0.00000161. The molecule has 1 aliphatic rings. The highest BCUT2D eigenvalue weighted by molar-refractivity contribution is 5.94. The van der Waals surface area contributed by atoms with Gasteiger partial charge in [-0.25, -0.2) is 0 Å². The number of hydrogen-bond donors (Lipinski definition) is 2. The van der Waals surface area contributed by atoms with Crippen molar-refractivity contribution in [3.63, 3.8) is 0 Å². The van der Waals surface area contributed by atoms with E-state index in [1.165, 1.54) is 19.1 Å². The number of furan rings is 1. The highest BCUT2D eigenvalue weighted by Gasteiger charge is 2.33. The topological polar surface area (TPSA) is 68.3 Å². The van der Waals surface area contributed by atoms with E-state index in [2.05, 4.69) is 17.4 Å². The lowest BCUT2D eigenvalue weighted by Crippen LogP contribution is -2.29. The molecule has 0 bridgehead atoms. The first-order valence-electron chi connectivity index (χ1n) is 6.91. The predicted molar refractivity (Wildman–Crippen MR) is 83.2 cm³/mol. The van der Waals surface area contributed by atoms with E-state index in [1.54, 1.807) is 6.07 Å². The third-order valence-corrected chi connectivity index (χ3v) is 3.66. The van der Waals surface area contributed by atoms with E-state index in [4.69, 9.17) is 10.2 Å². The minimum Gasteiger partial charge on any atom is -0.467 e. The fourth-order valence-electron chi connectivity index (χ4n) is 2.39. The maximum Gasteiger partial charge on any atom is 0.255 e. The molecule has 0 aliphatic heterocycles. The molecule has 3 N–H and O–H groups in total. The van der Waals surface area contributed by atoms with Gasteiger partial charge in [-0.3, -0.25) is 4.79 Å². The zero-order chi connectivity index (χ0) is 13.9. The Labute approximate surface area is 130 Å². The van der Waals surface area contributed by atoms with Gasteiger partial charge in [-0.05, 0) is 30.4 Å². The molecule has 5 heteroatoms. The van der Waals surface area contributed by atoms with E-state index in [0.29, 0.717) is 23.8 Å². The number of nitrogens with one attached hydrogen (secondary N) is 1. The maximum atomic E-state index is 12.3. The Morgan fingerprint density at radius 1 is 1.33 bits per heavy atom. The van der Waals surface area contributed by atoms with Crippen LogP contribution in [0.2, 0.25) is 0 Å². The van der Waals surface area contributed by atoms with Gasteiger partial charge in [0.25, 0.3) is 5.91 Å². The molecule has 0 spiro atoms. The van der Waals surface area contributed by atoms with Crippen LogP contribution in [0.15, 0.2) is 47.1 Å². The molecule has 1 atom stereocenters. The first-order chi connectivity index (χ1) is 9.78. The summed E-state index contributed by atoms with van der Waals surface area (Å²) < 4.78 is 5.21. The second-order valence-electron chi connectivity index (χ2n) is 5.21. The molecule has 1 heterocycles. The van der Waals surface area contributed by atoms with Crippen molar-refractivity contribution in [2.24, 2.45) is 11.7 Å². The second-order valence-corrected chi connectivity index (χ2v) is 5.21. The quantitative estimate of drug-likeness (QED) is 0.892. The Morgan fingerprint density at radius 3 is 2.62 bits per heavy atom. The van der Waals surface area contributed by atoms with Crippen LogP contribution in [0.1, 0.15) is 40.6 Å². The van der Waals surface area contributed by atoms with Crippen molar-refractivity contribution < 1.29 is 9.21 Å². The number of rotatable bonds is 5. The van der Waals surface area contributed by atoms with Crippen LogP contribution in [0.25, 0.3) is 0 Å². The van der Waals surface area contributed by atoms with Gasteiger partial charge in [0.15, 0.2) is 0 Å². The molecule has 4 nitrogen and oxygen atoms in total. The number of hydrogen-bond acceptors (Lipinski definition) is 3. The number of amides is 1. The van der Waals surface area contributed by atoms with Crippen molar-refractivity contribution in [1.82, 2.24) is 5.32 Å². The van der Waals surface area contributed by atoms with Gasteiger partial charge >= 0.3 is 0 Å². The first-order valence-corrected chi connectivity index (χ1v) is 6.91. The van der Waals surface area contributed by atoms with Gasteiger partial charge in [0.2, 0.25) is 0 Å². The van der Waals surface area contributed by atoms with Gasteiger partial charge in [0, 0.05) is 0 Å². The summed E-state index contributed by atoms with van der Waals surface area (Å²) in [5.74, 6) is 1.06. The number of carbonyl (C=O) groups excluding carboxylic acids is 1. The van der Waals surface area contributed by atoms with Crippen LogP contribution in [-0.2, 0) is 6.54 Å². The van der Waals surface area contributed by atoms with Crippen molar-refractivity contribution >= 4 is 18.3 Å². The molecule has 0 radical (unpaired) electrons. The van der Waals surface area contributed by atoms with Gasteiger partial charge in [-0.15, -0.1) is 12.4 Å². The van der Waals surface area contributed by atoms with E-state index < -0.39 is 0 Å². The first kappa shape index (κ1) is 15.6. The number of benzene rings is 1. The summed E-state index contributed by atoms with van der Waals surface area (Å²) in [5.41, 5.74) is 7.18. The number of halogens is 1. The normalized spacial score (nSPS) is 15.1. The number of nitrogens with two attached hydrogens (primary N) is 1. The minimum absolute atomic E-state index is 0. The van der Waals surface area contributed by atoms with Gasteiger partial charge < -0.3 is 15.5 Å². The molecule has 1 aliphatic carbocycles. The summed E-state index contributed by atoms with van der Waals surface area (Å²) in [7, 11) is 0. The van der Waals surface area contributed by atoms with Crippen molar-refractivity contribution in [2.45, 2.75) is 25.4 Å². The van der Waals surface area contributed by atoms with Crippen molar-refractivity contribution in [3.05, 3.63) is 59.5 Å². The highest BCUT2D eigenvalue weighted by Crippen LogP contribution is 2.41. The van der Waals surface area contributed by atoms with Crippen LogP contribution >= 0.6 is 12.4 Å². The molecule has 112 valence electrons. The Kier molecular flexibility index (Phi) is 5.04. The Hall–Kier alpha value is -1.78. The van der Waals surface area contributed by atoms with Gasteiger partial charge in [0.05, 0.1) is 18.2 Å². The van der Waals surface area contributed by atoms with Crippen molar-refractivity contribution in [2.75, 3.05) is 0 Å². The average molecular weight is 307 g/mol. The molecule has 1 saturated carbocycles. The molecule has 1 fully saturated rings.